The molecule has 0 unspecified atom stereocenters. The SMILES string of the molecule is O=C(NC(=S)N[C@@]1(c2ccccc2F)COCC[C@@]1(F)CO)c1ccccc1. The number of ether oxygens (including phenoxy) is 1. The largest absolute Gasteiger partial charge is 0.393 e. The number of hydrogen-bond donors (Lipinski definition) is 3. The fourth-order valence-corrected chi connectivity index (χ4v) is 3.61. The van der Waals surface area contributed by atoms with Crippen molar-refractivity contribution in [1.29, 1.82) is 0 Å². The number of amides is 1. The van der Waals surface area contributed by atoms with Crippen molar-refractivity contribution < 1.29 is 23.4 Å². The monoisotopic (exact) mass is 406 g/mol. The van der Waals surface area contributed by atoms with Gasteiger partial charge in [0.05, 0.1) is 13.2 Å². The summed E-state index contributed by atoms with van der Waals surface area (Å²) in [4.78, 5) is 12.3. The van der Waals surface area contributed by atoms with Crippen molar-refractivity contribution in [2.75, 3.05) is 19.8 Å². The van der Waals surface area contributed by atoms with E-state index in [-0.39, 0.29) is 30.3 Å². The molecule has 3 N–H and O–H groups in total. The van der Waals surface area contributed by atoms with E-state index in [1.807, 2.05) is 0 Å². The summed E-state index contributed by atoms with van der Waals surface area (Å²) in [6, 6.07) is 14.0. The number of alkyl halides is 1. The minimum atomic E-state index is -2.25. The molecule has 2 aromatic carbocycles. The predicted octanol–water partition coefficient (Wildman–Crippen LogP) is 2.45. The van der Waals surface area contributed by atoms with E-state index in [9.17, 15) is 14.3 Å². The van der Waals surface area contributed by atoms with Crippen molar-refractivity contribution in [2.24, 2.45) is 0 Å². The number of rotatable bonds is 4. The van der Waals surface area contributed by atoms with E-state index >= 15 is 4.39 Å². The second-order valence-electron chi connectivity index (χ2n) is 6.59. The zero-order valence-electron chi connectivity index (χ0n) is 15.0. The molecule has 2 aromatic rings. The van der Waals surface area contributed by atoms with E-state index < -0.39 is 29.5 Å². The maximum absolute atomic E-state index is 15.8. The molecule has 0 aliphatic carbocycles. The predicted molar refractivity (Wildman–Crippen MR) is 104 cm³/mol. The normalized spacial score (nSPS) is 24.4. The lowest BCUT2D eigenvalue weighted by molar-refractivity contribution is -0.115. The highest BCUT2D eigenvalue weighted by Gasteiger charge is 2.57. The second kappa shape index (κ2) is 8.30. The summed E-state index contributed by atoms with van der Waals surface area (Å²) in [7, 11) is 0. The van der Waals surface area contributed by atoms with Crippen molar-refractivity contribution in [3.05, 3.63) is 71.5 Å². The minimum Gasteiger partial charge on any atom is -0.393 e. The van der Waals surface area contributed by atoms with E-state index in [1.54, 1.807) is 36.4 Å². The van der Waals surface area contributed by atoms with Gasteiger partial charge < -0.3 is 15.2 Å². The average Bonchev–Trinajstić information content (AvgIpc) is 2.70. The van der Waals surface area contributed by atoms with E-state index in [2.05, 4.69) is 10.6 Å². The van der Waals surface area contributed by atoms with Gasteiger partial charge in [-0.2, -0.15) is 0 Å². The molecule has 1 fully saturated rings. The molecule has 0 saturated carbocycles. The molecule has 3 rings (SSSR count). The molecule has 1 heterocycles. The first kappa shape index (κ1) is 20.3. The van der Waals surface area contributed by atoms with Gasteiger partial charge in [-0.3, -0.25) is 10.1 Å². The Morgan fingerprint density at radius 1 is 1.18 bits per heavy atom. The third-order valence-corrected chi connectivity index (χ3v) is 5.10. The number of carbonyl (C=O) groups excluding carboxylic acids is 1. The molecule has 148 valence electrons. The first-order valence-electron chi connectivity index (χ1n) is 8.73. The maximum Gasteiger partial charge on any atom is 0.257 e. The van der Waals surface area contributed by atoms with Gasteiger partial charge in [-0.1, -0.05) is 36.4 Å². The van der Waals surface area contributed by atoms with Gasteiger partial charge in [-0.25, -0.2) is 8.78 Å². The third-order valence-electron chi connectivity index (χ3n) is 4.90. The zero-order valence-corrected chi connectivity index (χ0v) is 15.8. The highest BCUT2D eigenvalue weighted by Crippen LogP contribution is 2.42. The molecule has 0 spiro atoms. The molecular formula is C20H20F2N2O3S. The van der Waals surface area contributed by atoms with E-state index in [1.165, 1.54) is 18.2 Å². The van der Waals surface area contributed by atoms with Gasteiger partial charge in [-0.05, 0) is 30.4 Å². The lowest BCUT2D eigenvalue weighted by atomic mass is 9.73. The summed E-state index contributed by atoms with van der Waals surface area (Å²) in [5, 5.41) is 14.8. The van der Waals surface area contributed by atoms with E-state index in [4.69, 9.17) is 17.0 Å². The Kier molecular flexibility index (Phi) is 6.02. The van der Waals surface area contributed by atoms with Crippen LogP contribution in [0.4, 0.5) is 8.78 Å². The van der Waals surface area contributed by atoms with Crippen LogP contribution in [0.2, 0.25) is 0 Å². The number of thiocarbonyl (C=S) groups is 1. The van der Waals surface area contributed by atoms with Crippen molar-refractivity contribution >= 4 is 23.2 Å². The minimum absolute atomic E-state index is 0.0393. The molecule has 28 heavy (non-hydrogen) atoms. The van der Waals surface area contributed by atoms with Gasteiger partial charge in [0, 0.05) is 24.2 Å². The van der Waals surface area contributed by atoms with Crippen LogP contribution < -0.4 is 10.6 Å². The molecule has 1 saturated heterocycles. The van der Waals surface area contributed by atoms with Gasteiger partial charge in [0.2, 0.25) is 0 Å². The highest BCUT2D eigenvalue weighted by atomic mass is 32.1. The van der Waals surface area contributed by atoms with Crippen LogP contribution >= 0.6 is 12.2 Å². The molecule has 1 aliphatic rings. The first-order chi connectivity index (χ1) is 13.4. The zero-order chi connectivity index (χ0) is 20.2. The lowest BCUT2D eigenvalue weighted by Gasteiger charge is -2.48. The van der Waals surface area contributed by atoms with Crippen LogP contribution in [-0.2, 0) is 10.3 Å². The Bertz CT molecular complexity index is 868. The van der Waals surface area contributed by atoms with Crippen LogP contribution in [0.25, 0.3) is 0 Å². The summed E-state index contributed by atoms with van der Waals surface area (Å²) >= 11 is 5.21. The van der Waals surface area contributed by atoms with E-state index in [0.29, 0.717) is 5.56 Å². The number of aliphatic hydroxyl groups excluding tert-OH is 1. The van der Waals surface area contributed by atoms with Gasteiger partial charge in [0.1, 0.15) is 11.4 Å². The molecule has 1 aliphatic heterocycles. The Morgan fingerprint density at radius 2 is 1.86 bits per heavy atom. The quantitative estimate of drug-likeness (QED) is 0.681. The highest BCUT2D eigenvalue weighted by molar-refractivity contribution is 7.80. The van der Waals surface area contributed by atoms with Gasteiger partial charge >= 0.3 is 0 Å². The van der Waals surface area contributed by atoms with Gasteiger partial charge in [-0.15, -0.1) is 0 Å². The lowest BCUT2D eigenvalue weighted by Crippen LogP contribution is -2.68. The number of benzene rings is 2. The van der Waals surface area contributed by atoms with Crippen LogP contribution in [0.5, 0.6) is 0 Å². The van der Waals surface area contributed by atoms with Crippen molar-refractivity contribution in [1.82, 2.24) is 10.6 Å². The van der Waals surface area contributed by atoms with Crippen molar-refractivity contribution in [3.8, 4) is 0 Å². The number of aliphatic hydroxyl groups is 1. The fraction of sp³-hybridized carbons (Fsp3) is 0.300. The molecule has 2 atom stereocenters. The standard InChI is InChI=1S/C20H20F2N2O3S/c21-16-9-5-4-8-15(16)20(13-27-11-10-19(20,22)12-25)24-18(28)23-17(26)14-6-2-1-3-7-14/h1-9,25H,10-13H2,(H2,23,24,26,28)/t19-,20-/m1/s1. The van der Waals surface area contributed by atoms with Crippen LogP contribution in [0.3, 0.4) is 0 Å². The molecule has 1 amide bonds. The molecule has 8 heteroatoms. The van der Waals surface area contributed by atoms with Gasteiger partial charge in [0.25, 0.3) is 5.91 Å². The second-order valence-corrected chi connectivity index (χ2v) is 6.99. The Hall–Kier alpha value is -2.42. The summed E-state index contributed by atoms with van der Waals surface area (Å²) in [5.41, 5.74) is -3.73. The number of hydrogen-bond acceptors (Lipinski definition) is 4. The van der Waals surface area contributed by atoms with Crippen LogP contribution in [-0.4, -0.2) is 41.6 Å². The van der Waals surface area contributed by atoms with Crippen molar-refractivity contribution in [3.63, 3.8) is 0 Å². The molecular weight excluding hydrogens is 386 g/mol. The Labute approximate surface area is 166 Å². The van der Waals surface area contributed by atoms with Crippen LogP contribution in [0.15, 0.2) is 54.6 Å². The first-order valence-corrected chi connectivity index (χ1v) is 9.14. The molecule has 0 bridgehead atoms. The summed E-state index contributed by atoms with van der Waals surface area (Å²) in [5.74, 6) is -1.17. The number of nitrogens with one attached hydrogen (secondary N) is 2. The van der Waals surface area contributed by atoms with Crippen molar-refractivity contribution in [2.45, 2.75) is 17.6 Å². The maximum atomic E-state index is 15.8. The third kappa shape index (κ3) is 3.76. The summed E-state index contributed by atoms with van der Waals surface area (Å²) < 4.78 is 35.8. The molecule has 0 radical (unpaired) electrons. The smallest absolute Gasteiger partial charge is 0.257 e. The van der Waals surface area contributed by atoms with Gasteiger partial charge in [0.15, 0.2) is 10.8 Å². The molecule has 0 aromatic heterocycles. The topological polar surface area (TPSA) is 70.6 Å². The molecule has 5 nitrogen and oxygen atoms in total. The Morgan fingerprint density at radius 3 is 2.54 bits per heavy atom. The Balaban J connectivity index is 1.93. The summed E-state index contributed by atoms with van der Waals surface area (Å²) in [6.07, 6.45) is -0.167. The van der Waals surface area contributed by atoms with Crippen LogP contribution in [0, 0.1) is 5.82 Å². The number of carbonyl (C=O) groups is 1. The number of halogens is 2. The van der Waals surface area contributed by atoms with E-state index in [0.717, 1.165) is 0 Å². The summed E-state index contributed by atoms with van der Waals surface area (Å²) in [6.45, 7) is -1.07. The van der Waals surface area contributed by atoms with Crippen LogP contribution in [0.1, 0.15) is 22.3 Å². The fourth-order valence-electron chi connectivity index (χ4n) is 3.35. The average molecular weight is 406 g/mol.